The van der Waals surface area contributed by atoms with E-state index in [1.54, 1.807) is 13.2 Å². The summed E-state index contributed by atoms with van der Waals surface area (Å²) in [5.74, 6) is -0.171. The summed E-state index contributed by atoms with van der Waals surface area (Å²) in [4.78, 5) is 0. The molecule has 1 N–H and O–H groups in total. The van der Waals surface area contributed by atoms with Crippen LogP contribution in [0.4, 0.5) is 4.39 Å². The minimum absolute atomic E-state index is 0.00463. The van der Waals surface area contributed by atoms with Crippen LogP contribution in [0.2, 0.25) is 0 Å². The number of halogens is 2. The van der Waals surface area contributed by atoms with E-state index in [1.807, 2.05) is 26.8 Å². The minimum Gasteiger partial charge on any atom is -0.379 e. The Balaban J connectivity index is 2.88. The third-order valence-corrected chi connectivity index (χ3v) is 4.08. The van der Waals surface area contributed by atoms with Crippen LogP contribution in [0, 0.1) is 5.82 Å². The van der Waals surface area contributed by atoms with E-state index in [1.165, 1.54) is 6.07 Å². The lowest BCUT2D eigenvalue weighted by atomic mass is 9.94. The minimum atomic E-state index is -0.189. The smallest absolute Gasteiger partial charge is 0.129 e. The van der Waals surface area contributed by atoms with Crippen molar-refractivity contribution in [3.63, 3.8) is 0 Å². The molecule has 0 spiro atoms. The van der Waals surface area contributed by atoms with Gasteiger partial charge < -0.3 is 10.1 Å². The van der Waals surface area contributed by atoms with Gasteiger partial charge in [-0.1, -0.05) is 28.9 Å². The molecule has 2 nitrogen and oxygen atoms in total. The second kappa shape index (κ2) is 7.36. The van der Waals surface area contributed by atoms with Gasteiger partial charge in [0.25, 0.3) is 0 Å². The predicted molar refractivity (Wildman–Crippen MR) is 80.8 cm³/mol. The third-order valence-electron chi connectivity index (χ3n) is 3.39. The van der Waals surface area contributed by atoms with Gasteiger partial charge in [-0.15, -0.1) is 0 Å². The molecule has 1 aromatic rings. The Bertz CT molecular complexity index is 389. The highest BCUT2D eigenvalue weighted by molar-refractivity contribution is 9.10. The summed E-state index contributed by atoms with van der Waals surface area (Å²) < 4.78 is 20.3. The Labute approximate surface area is 123 Å². The molecule has 0 bridgehead atoms. The largest absolute Gasteiger partial charge is 0.379 e. The number of hydrogen-bond donors (Lipinski definition) is 1. The summed E-state index contributed by atoms with van der Waals surface area (Å²) in [6, 6.07) is 5.09. The SMILES string of the molecule is CCNC(CCC(C)(C)OC)c1c(F)cccc1Br. The Hall–Kier alpha value is -0.450. The molecule has 0 radical (unpaired) electrons. The first-order valence-corrected chi connectivity index (χ1v) is 7.43. The summed E-state index contributed by atoms with van der Waals surface area (Å²) in [5, 5.41) is 3.35. The van der Waals surface area contributed by atoms with Crippen molar-refractivity contribution in [3.05, 3.63) is 34.1 Å². The number of ether oxygens (including phenoxy) is 1. The summed E-state index contributed by atoms with van der Waals surface area (Å²) in [6.45, 7) is 6.93. The first kappa shape index (κ1) is 16.6. The maximum Gasteiger partial charge on any atom is 0.129 e. The van der Waals surface area contributed by atoms with E-state index < -0.39 is 0 Å². The molecule has 0 amide bonds. The Kier molecular flexibility index (Phi) is 6.43. The van der Waals surface area contributed by atoms with E-state index in [4.69, 9.17) is 4.74 Å². The Morgan fingerprint density at radius 1 is 1.42 bits per heavy atom. The molecule has 0 saturated heterocycles. The van der Waals surface area contributed by atoms with Crippen molar-refractivity contribution >= 4 is 15.9 Å². The van der Waals surface area contributed by atoms with E-state index in [-0.39, 0.29) is 17.5 Å². The summed E-state index contributed by atoms with van der Waals surface area (Å²) in [5.41, 5.74) is 0.516. The van der Waals surface area contributed by atoms with Crippen LogP contribution >= 0.6 is 15.9 Å². The number of hydrogen-bond acceptors (Lipinski definition) is 2. The molecule has 1 unspecified atom stereocenters. The van der Waals surface area contributed by atoms with Crippen LogP contribution in [0.3, 0.4) is 0 Å². The Morgan fingerprint density at radius 2 is 2.11 bits per heavy atom. The van der Waals surface area contributed by atoms with Crippen LogP contribution in [0.25, 0.3) is 0 Å². The second-order valence-corrected chi connectivity index (χ2v) is 6.10. The van der Waals surface area contributed by atoms with Crippen LogP contribution in [-0.4, -0.2) is 19.3 Å². The van der Waals surface area contributed by atoms with Gasteiger partial charge in [0, 0.05) is 23.2 Å². The van der Waals surface area contributed by atoms with Crippen molar-refractivity contribution in [2.45, 2.75) is 45.3 Å². The topological polar surface area (TPSA) is 21.3 Å². The van der Waals surface area contributed by atoms with Gasteiger partial charge in [-0.3, -0.25) is 0 Å². The van der Waals surface area contributed by atoms with Crippen molar-refractivity contribution in [1.82, 2.24) is 5.32 Å². The predicted octanol–water partition coefficient (Wildman–Crippen LogP) is 4.44. The van der Waals surface area contributed by atoms with Crippen LogP contribution in [0.15, 0.2) is 22.7 Å². The first-order valence-electron chi connectivity index (χ1n) is 6.63. The lowest BCUT2D eigenvalue weighted by Crippen LogP contribution is -2.28. The van der Waals surface area contributed by atoms with Gasteiger partial charge in [0.15, 0.2) is 0 Å². The maximum absolute atomic E-state index is 14.0. The van der Waals surface area contributed by atoms with Gasteiger partial charge in [-0.05, 0) is 45.4 Å². The van der Waals surface area contributed by atoms with Gasteiger partial charge >= 0.3 is 0 Å². The van der Waals surface area contributed by atoms with Crippen molar-refractivity contribution in [2.75, 3.05) is 13.7 Å². The molecule has 1 aromatic carbocycles. The van der Waals surface area contributed by atoms with Gasteiger partial charge in [-0.25, -0.2) is 4.39 Å². The molecule has 0 saturated carbocycles. The zero-order valence-corrected chi connectivity index (χ0v) is 13.7. The number of methoxy groups -OCH3 is 1. The standard InChI is InChI=1S/C15H23BrFNO/c1-5-18-13(9-10-15(2,3)19-4)14-11(16)7-6-8-12(14)17/h6-8,13,18H,5,9-10H2,1-4H3. The molecule has 0 aliphatic rings. The van der Waals surface area contributed by atoms with E-state index in [0.717, 1.165) is 23.9 Å². The van der Waals surface area contributed by atoms with Crippen molar-refractivity contribution in [3.8, 4) is 0 Å². The summed E-state index contributed by atoms with van der Waals surface area (Å²) >= 11 is 3.44. The third kappa shape index (κ3) is 4.86. The van der Waals surface area contributed by atoms with E-state index in [9.17, 15) is 4.39 Å². The molecule has 1 rings (SSSR count). The number of benzene rings is 1. The maximum atomic E-state index is 14.0. The van der Waals surface area contributed by atoms with Crippen molar-refractivity contribution in [2.24, 2.45) is 0 Å². The van der Waals surface area contributed by atoms with Crippen LogP contribution in [-0.2, 0) is 4.74 Å². The molecule has 0 heterocycles. The zero-order chi connectivity index (χ0) is 14.5. The monoisotopic (exact) mass is 331 g/mol. The highest BCUT2D eigenvalue weighted by Gasteiger charge is 2.23. The molecule has 0 aliphatic carbocycles. The van der Waals surface area contributed by atoms with E-state index in [2.05, 4.69) is 21.2 Å². The van der Waals surface area contributed by atoms with Gasteiger partial charge in [-0.2, -0.15) is 0 Å². The van der Waals surface area contributed by atoms with Crippen LogP contribution < -0.4 is 5.32 Å². The highest BCUT2D eigenvalue weighted by atomic mass is 79.9. The lowest BCUT2D eigenvalue weighted by molar-refractivity contribution is 0.0116. The summed E-state index contributed by atoms with van der Waals surface area (Å²) in [6.07, 6.45) is 1.69. The first-order chi connectivity index (χ1) is 8.91. The van der Waals surface area contributed by atoms with Crippen LogP contribution in [0.5, 0.6) is 0 Å². The average Bonchev–Trinajstić information content (AvgIpc) is 2.36. The normalized spacial score (nSPS) is 13.6. The Morgan fingerprint density at radius 3 is 2.63 bits per heavy atom. The second-order valence-electron chi connectivity index (χ2n) is 5.25. The van der Waals surface area contributed by atoms with E-state index >= 15 is 0 Å². The fraction of sp³-hybridized carbons (Fsp3) is 0.600. The highest BCUT2D eigenvalue weighted by Crippen LogP contribution is 2.31. The van der Waals surface area contributed by atoms with Gasteiger partial charge in [0.2, 0.25) is 0 Å². The molecule has 0 aliphatic heterocycles. The zero-order valence-electron chi connectivity index (χ0n) is 12.1. The molecule has 0 aromatic heterocycles. The lowest BCUT2D eigenvalue weighted by Gasteiger charge is -2.27. The summed E-state index contributed by atoms with van der Waals surface area (Å²) in [7, 11) is 1.71. The molecule has 1 atom stereocenters. The molecule has 0 fully saturated rings. The molecular formula is C15H23BrFNO. The molecular weight excluding hydrogens is 309 g/mol. The average molecular weight is 332 g/mol. The molecule has 108 valence electrons. The molecule has 4 heteroatoms. The fourth-order valence-electron chi connectivity index (χ4n) is 2.03. The van der Waals surface area contributed by atoms with Crippen LogP contribution in [0.1, 0.15) is 45.2 Å². The van der Waals surface area contributed by atoms with E-state index in [0.29, 0.717) is 5.56 Å². The van der Waals surface area contributed by atoms with Gasteiger partial charge in [0.05, 0.1) is 5.60 Å². The fourth-order valence-corrected chi connectivity index (χ4v) is 2.65. The number of rotatable bonds is 7. The van der Waals surface area contributed by atoms with Crippen molar-refractivity contribution < 1.29 is 9.13 Å². The van der Waals surface area contributed by atoms with Crippen molar-refractivity contribution in [1.29, 1.82) is 0 Å². The quantitative estimate of drug-likeness (QED) is 0.797. The number of nitrogens with one attached hydrogen (secondary N) is 1. The van der Waals surface area contributed by atoms with Gasteiger partial charge in [0.1, 0.15) is 5.82 Å². The molecule has 19 heavy (non-hydrogen) atoms.